The quantitative estimate of drug-likeness (QED) is 0.232. The van der Waals surface area contributed by atoms with E-state index >= 15 is 4.39 Å². The maximum Gasteiger partial charge on any atom is 0.303 e. The molecule has 200 valence electrons. The first kappa shape index (κ1) is 27.2. The molecule has 10 heteroatoms. The first-order valence-corrected chi connectivity index (χ1v) is 12.4. The Morgan fingerprint density at radius 3 is 2.68 bits per heavy atom. The van der Waals surface area contributed by atoms with E-state index in [1.807, 2.05) is 20.8 Å². The number of nitriles is 1. The van der Waals surface area contributed by atoms with Crippen LogP contribution in [0.15, 0.2) is 30.5 Å². The number of carboxylic acids is 1. The average Bonchev–Trinajstić information content (AvgIpc) is 3.46. The van der Waals surface area contributed by atoms with Crippen molar-refractivity contribution >= 4 is 27.8 Å². The standard InChI is InChI=1S/C28H29F3N4O3/c1-4-38-15-16(6-5-7-22(36)37)23-24-21(12-17-14-33-34-26(17)25(24)31)35(27(23)28(2,3)10-11-32)18-8-9-19(29)20(30)13-18/h8-9,12-14,16H,4-7,10,15H2,1-3H3,(H,33,34)(H,36,37). The summed E-state index contributed by atoms with van der Waals surface area (Å²) in [5.41, 5.74) is 1.11. The fourth-order valence-electron chi connectivity index (χ4n) is 5.14. The molecule has 7 nitrogen and oxygen atoms in total. The van der Waals surface area contributed by atoms with E-state index in [2.05, 4.69) is 16.3 Å². The van der Waals surface area contributed by atoms with Crippen molar-refractivity contribution in [3.8, 4) is 11.8 Å². The molecule has 0 amide bonds. The van der Waals surface area contributed by atoms with Gasteiger partial charge in [0.05, 0.1) is 24.4 Å². The van der Waals surface area contributed by atoms with Gasteiger partial charge in [-0.05, 0) is 43.5 Å². The predicted molar refractivity (Wildman–Crippen MR) is 137 cm³/mol. The summed E-state index contributed by atoms with van der Waals surface area (Å²) >= 11 is 0. The van der Waals surface area contributed by atoms with Crippen LogP contribution in [0.3, 0.4) is 0 Å². The molecule has 4 rings (SSSR count). The summed E-state index contributed by atoms with van der Waals surface area (Å²) in [5, 5.41) is 26.3. The van der Waals surface area contributed by atoms with Crippen molar-refractivity contribution < 1.29 is 27.8 Å². The predicted octanol–water partition coefficient (Wildman–Crippen LogP) is 6.49. The van der Waals surface area contributed by atoms with Gasteiger partial charge in [0.1, 0.15) is 5.52 Å². The number of aromatic nitrogens is 3. The third kappa shape index (κ3) is 4.98. The van der Waals surface area contributed by atoms with Crippen LogP contribution >= 0.6 is 0 Å². The van der Waals surface area contributed by atoms with E-state index < -0.39 is 34.8 Å². The van der Waals surface area contributed by atoms with E-state index in [0.29, 0.717) is 41.6 Å². The van der Waals surface area contributed by atoms with Gasteiger partial charge < -0.3 is 14.4 Å². The smallest absolute Gasteiger partial charge is 0.303 e. The van der Waals surface area contributed by atoms with Crippen molar-refractivity contribution in [1.82, 2.24) is 14.8 Å². The second-order valence-corrected chi connectivity index (χ2v) is 9.98. The molecular weight excluding hydrogens is 497 g/mol. The lowest BCUT2D eigenvalue weighted by molar-refractivity contribution is -0.137. The monoisotopic (exact) mass is 526 g/mol. The van der Waals surface area contributed by atoms with E-state index in [1.54, 1.807) is 10.6 Å². The van der Waals surface area contributed by atoms with Gasteiger partial charge >= 0.3 is 5.97 Å². The van der Waals surface area contributed by atoms with E-state index in [-0.39, 0.29) is 36.0 Å². The third-order valence-electron chi connectivity index (χ3n) is 6.84. The number of aromatic amines is 1. The Morgan fingerprint density at radius 2 is 2.03 bits per heavy atom. The molecule has 2 aromatic heterocycles. The molecule has 2 heterocycles. The van der Waals surface area contributed by atoms with Gasteiger partial charge in [0.15, 0.2) is 17.5 Å². The Kier molecular flexibility index (Phi) is 7.78. The Balaban J connectivity index is 2.15. The fourth-order valence-corrected chi connectivity index (χ4v) is 5.14. The van der Waals surface area contributed by atoms with Gasteiger partial charge in [0.2, 0.25) is 0 Å². The molecule has 38 heavy (non-hydrogen) atoms. The molecule has 4 aromatic rings. The molecule has 1 unspecified atom stereocenters. The molecule has 0 aliphatic rings. The molecule has 2 aromatic carbocycles. The van der Waals surface area contributed by atoms with Crippen LogP contribution in [0.4, 0.5) is 13.2 Å². The number of hydrogen-bond donors (Lipinski definition) is 2. The number of carbonyl (C=O) groups is 1. The second kappa shape index (κ2) is 10.9. The molecule has 0 aliphatic heterocycles. The molecular formula is C28H29F3N4O3. The van der Waals surface area contributed by atoms with Gasteiger partial charge in [-0.2, -0.15) is 10.4 Å². The minimum absolute atomic E-state index is 0.0531. The minimum atomic E-state index is -1.06. The van der Waals surface area contributed by atoms with E-state index in [4.69, 9.17) is 4.74 Å². The van der Waals surface area contributed by atoms with E-state index in [0.717, 1.165) is 12.1 Å². The highest BCUT2D eigenvalue weighted by molar-refractivity contribution is 6.00. The van der Waals surface area contributed by atoms with Gasteiger partial charge in [-0.25, -0.2) is 13.2 Å². The minimum Gasteiger partial charge on any atom is -0.481 e. The van der Waals surface area contributed by atoms with Gasteiger partial charge in [-0.1, -0.05) is 13.8 Å². The summed E-state index contributed by atoms with van der Waals surface area (Å²) in [4.78, 5) is 11.3. The Morgan fingerprint density at radius 1 is 1.26 bits per heavy atom. The van der Waals surface area contributed by atoms with Crippen molar-refractivity contribution in [2.24, 2.45) is 0 Å². The number of aliphatic carboxylic acids is 1. The summed E-state index contributed by atoms with van der Waals surface area (Å²) < 4.78 is 52.2. The summed E-state index contributed by atoms with van der Waals surface area (Å²) in [6.07, 6.45) is 2.15. The Bertz CT molecular complexity index is 1530. The summed E-state index contributed by atoms with van der Waals surface area (Å²) in [6.45, 7) is 6.08. The maximum atomic E-state index is 16.3. The summed E-state index contributed by atoms with van der Waals surface area (Å²) in [5.74, 6) is -4.03. The largest absolute Gasteiger partial charge is 0.481 e. The van der Waals surface area contributed by atoms with Crippen LogP contribution in [0.25, 0.3) is 27.5 Å². The molecule has 0 spiro atoms. The zero-order valence-electron chi connectivity index (χ0n) is 21.4. The number of ether oxygens (including phenoxy) is 1. The lowest BCUT2D eigenvalue weighted by Gasteiger charge is -2.29. The van der Waals surface area contributed by atoms with Crippen LogP contribution in [0.2, 0.25) is 0 Å². The zero-order valence-corrected chi connectivity index (χ0v) is 21.4. The number of H-pyrrole nitrogens is 1. The number of halogens is 3. The number of nitrogens with zero attached hydrogens (tertiary/aromatic N) is 3. The maximum absolute atomic E-state index is 16.3. The SMILES string of the molecule is CCOCC(CCCC(=O)O)c1c(C(C)(C)CC#N)n(-c2ccc(F)c(F)c2)c2cc3cn[nH]c3c(F)c12. The third-order valence-corrected chi connectivity index (χ3v) is 6.84. The second-order valence-electron chi connectivity index (χ2n) is 9.98. The molecule has 0 bridgehead atoms. The Hall–Kier alpha value is -3.84. The highest BCUT2D eigenvalue weighted by atomic mass is 19.2. The van der Waals surface area contributed by atoms with Crippen molar-refractivity contribution in [1.29, 1.82) is 5.26 Å². The summed E-state index contributed by atoms with van der Waals surface area (Å²) in [6, 6.07) is 7.38. The van der Waals surface area contributed by atoms with Crippen molar-refractivity contribution in [2.75, 3.05) is 13.2 Å². The van der Waals surface area contributed by atoms with Crippen LogP contribution in [-0.4, -0.2) is 39.1 Å². The van der Waals surface area contributed by atoms with Gasteiger partial charge in [-0.3, -0.25) is 9.89 Å². The Labute approximate surface area is 217 Å². The van der Waals surface area contributed by atoms with Crippen molar-refractivity contribution in [3.63, 3.8) is 0 Å². The number of nitrogens with one attached hydrogen (secondary N) is 1. The molecule has 0 fully saturated rings. The van der Waals surface area contributed by atoms with Crippen molar-refractivity contribution in [3.05, 3.63) is 59.2 Å². The number of carboxylic acid groups (broad SMARTS) is 1. The zero-order chi connectivity index (χ0) is 27.6. The van der Waals surface area contributed by atoms with Crippen molar-refractivity contribution in [2.45, 2.75) is 57.8 Å². The summed E-state index contributed by atoms with van der Waals surface area (Å²) in [7, 11) is 0. The molecule has 0 radical (unpaired) electrons. The fraction of sp³-hybridized carbons (Fsp3) is 0.393. The number of rotatable bonds is 11. The topological polar surface area (TPSA) is 104 Å². The molecule has 0 saturated carbocycles. The van der Waals surface area contributed by atoms with Crippen LogP contribution in [-0.2, 0) is 14.9 Å². The molecule has 0 aliphatic carbocycles. The van der Waals surface area contributed by atoms with Gasteiger partial charge in [-0.15, -0.1) is 0 Å². The van der Waals surface area contributed by atoms with Crippen LogP contribution in [0.1, 0.15) is 63.6 Å². The van der Waals surface area contributed by atoms with Gasteiger partial charge in [0.25, 0.3) is 0 Å². The molecule has 0 saturated heterocycles. The highest BCUT2D eigenvalue weighted by Gasteiger charge is 2.36. The number of benzene rings is 2. The number of hydrogen-bond acceptors (Lipinski definition) is 4. The van der Waals surface area contributed by atoms with Crippen LogP contribution < -0.4 is 0 Å². The highest BCUT2D eigenvalue weighted by Crippen LogP contribution is 2.45. The lowest BCUT2D eigenvalue weighted by Crippen LogP contribution is -2.24. The molecule has 1 atom stereocenters. The van der Waals surface area contributed by atoms with Gasteiger partial charge in [0, 0.05) is 59.0 Å². The average molecular weight is 527 g/mol. The first-order chi connectivity index (χ1) is 18.1. The normalized spacial score (nSPS) is 12.8. The van der Waals surface area contributed by atoms with E-state index in [9.17, 15) is 23.9 Å². The first-order valence-electron chi connectivity index (χ1n) is 12.4. The van der Waals surface area contributed by atoms with E-state index in [1.165, 1.54) is 12.3 Å². The number of fused-ring (bicyclic) bond motifs is 2. The molecule has 2 N–H and O–H groups in total. The van der Waals surface area contributed by atoms with Crippen LogP contribution in [0.5, 0.6) is 0 Å². The lowest BCUT2D eigenvalue weighted by atomic mass is 9.79. The van der Waals surface area contributed by atoms with Crippen LogP contribution in [0, 0.1) is 28.8 Å².